The van der Waals surface area contributed by atoms with Crippen LogP contribution < -0.4 is 10.2 Å². The van der Waals surface area contributed by atoms with Crippen molar-refractivity contribution >= 4 is 13.7 Å². The Morgan fingerprint density at radius 2 is 0.775 bits per heavy atom. The maximum atomic E-state index is 13.0. The molecular formula is C71H123N2O6P. The van der Waals surface area contributed by atoms with Gasteiger partial charge in [0, 0.05) is 6.42 Å². The van der Waals surface area contributed by atoms with E-state index in [-0.39, 0.29) is 12.5 Å². The average molecular weight is 1130 g/mol. The first-order valence-corrected chi connectivity index (χ1v) is 34.0. The molecule has 0 aromatic carbocycles. The van der Waals surface area contributed by atoms with Crippen molar-refractivity contribution < 1.29 is 32.9 Å². The van der Waals surface area contributed by atoms with E-state index >= 15 is 0 Å². The number of rotatable bonds is 58. The highest BCUT2D eigenvalue weighted by atomic mass is 31.2. The minimum atomic E-state index is -4.62. The van der Waals surface area contributed by atoms with Gasteiger partial charge in [0.1, 0.15) is 13.2 Å². The minimum Gasteiger partial charge on any atom is -0.756 e. The number of phosphoric acid groups is 1. The standard InChI is InChI=1S/C71H123N2O6P/c1-6-8-10-12-14-16-18-20-22-24-26-28-29-30-31-32-33-34-35-36-37-38-39-40-41-42-43-45-47-49-51-53-55-57-59-61-63-65-71(75)72-69(68-79-80(76,77)78-67-66-73(3,4)5)70(74)64-62-60-58-56-54-52-50-48-46-44-27-25-23-21-19-17-15-13-11-9-7-2/h8,10,14,16,20,22,26,28,30-31,33-34,36-37,39-40,42-43,54,56,62,64,69-70,74H,6-7,9,11-13,15,17-19,21,23-25,27,29,32,35,38,41,44-53,55,57-61,63,65-68H2,1-5H3,(H-,72,75,76,77)/b10-8-,16-14-,22-20-,28-26-,31-30-,34-33-,37-36-,40-39-,43-42-,56-54+,64-62+. The largest absolute Gasteiger partial charge is 0.756 e. The second-order valence-electron chi connectivity index (χ2n) is 22.7. The zero-order chi connectivity index (χ0) is 58.4. The molecule has 0 bridgehead atoms. The fourth-order valence-electron chi connectivity index (χ4n) is 8.81. The Bertz CT molecular complexity index is 1760. The van der Waals surface area contributed by atoms with Gasteiger partial charge in [0.05, 0.1) is 39.9 Å². The van der Waals surface area contributed by atoms with Crippen LogP contribution in [0.5, 0.6) is 0 Å². The van der Waals surface area contributed by atoms with Crippen molar-refractivity contribution in [3.63, 3.8) is 0 Å². The highest BCUT2D eigenvalue weighted by molar-refractivity contribution is 7.45. The molecule has 0 aromatic rings. The molecule has 8 nitrogen and oxygen atoms in total. The lowest BCUT2D eigenvalue weighted by atomic mass is 10.0. The molecule has 0 radical (unpaired) electrons. The third-order valence-corrected chi connectivity index (χ3v) is 14.8. The van der Waals surface area contributed by atoms with Crippen LogP contribution in [-0.4, -0.2) is 68.5 Å². The van der Waals surface area contributed by atoms with E-state index in [1.165, 1.54) is 128 Å². The first kappa shape index (κ1) is 76.6. The molecule has 0 aliphatic carbocycles. The van der Waals surface area contributed by atoms with Crippen molar-refractivity contribution in [3.8, 4) is 0 Å². The Labute approximate surface area is 494 Å². The number of aliphatic hydroxyl groups excluding tert-OH is 1. The molecule has 0 aliphatic heterocycles. The van der Waals surface area contributed by atoms with Crippen LogP contribution in [0.25, 0.3) is 0 Å². The molecule has 3 atom stereocenters. The molecule has 0 aliphatic rings. The summed E-state index contributed by atoms with van der Waals surface area (Å²) in [6.45, 7) is 4.51. The van der Waals surface area contributed by atoms with Crippen LogP contribution in [0.2, 0.25) is 0 Å². The maximum absolute atomic E-state index is 13.0. The number of carbonyl (C=O) groups is 1. The number of aliphatic hydroxyl groups is 1. The number of nitrogens with one attached hydrogen (secondary N) is 1. The van der Waals surface area contributed by atoms with Gasteiger partial charge in [0.25, 0.3) is 7.82 Å². The fraction of sp³-hybridized carbons (Fsp3) is 0.676. The summed E-state index contributed by atoms with van der Waals surface area (Å²) >= 11 is 0. The SMILES string of the molecule is CC/C=C\C/C=C\C/C=C\C/C=C\C/C=C\C/C=C\C/C=C\C/C=C\C/C=C\CCCCCCCCCCCC(=O)NC(COP(=O)([O-])OCC[N+](C)(C)C)C(O)/C=C/CC/C=C/CCCCCCCCCCCCCCCCC. The van der Waals surface area contributed by atoms with Crippen LogP contribution >= 0.6 is 7.82 Å². The van der Waals surface area contributed by atoms with E-state index in [0.29, 0.717) is 17.4 Å². The number of likely N-dealkylation sites (N-methyl/N-ethyl adjacent to an activating group) is 1. The zero-order valence-corrected chi connectivity index (χ0v) is 53.1. The van der Waals surface area contributed by atoms with Crippen LogP contribution in [0.1, 0.15) is 258 Å². The van der Waals surface area contributed by atoms with Gasteiger partial charge in [0.15, 0.2) is 0 Å². The van der Waals surface area contributed by atoms with E-state index < -0.39 is 26.6 Å². The van der Waals surface area contributed by atoms with E-state index in [1.54, 1.807) is 6.08 Å². The van der Waals surface area contributed by atoms with Gasteiger partial charge >= 0.3 is 0 Å². The van der Waals surface area contributed by atoms with Crippen molar-refractivity contribution in [2.45, 2.75) is 270 Å². The van der Waals surface area contributed by atoms with Crippen LogP contribution in [-0.2, 0) is 18.4 Å². The topological polar surface area (TPSA) is 108 Å². The van der Waals surface area contributed by atoms with Gasteiger partial charge in [-0.1, -0.05) is 282 Å². The molecular weight excluding hydrogens is 1010 g/mol. The summed E-state index contributed by atoms with van der Waals surface area (Å²) in [6, 6.07) is -0.917. The first-order chi connectivity index (χ1) is 39.0. The van der Waals surface area contributed by atoms with Crippen molar-refractivity contribution in [3.05, 3.63) is 134 Å². The van der Waals surface area contributed by atoms with Crippen molar-refractivity contribution in [2.75, 3.05) is 40.9 Å². The highest BCUT2D eigenvalue weighted by Crippen LogP contribution is 2.38. The van der Waals surface area contributed by atoms with Gasteiger partial charge in [0.2, 0.25) is 5.91 Å². The van der Waals surface area contributed by atoms with E-state index in [4.69, 9.17) is 9.05 Å². The maximum Gasteiger partial charge on any atom is 0.268 e. The van der Waals surface area contributed by atoms with Gasteiger partial charge in [-0.2, -0.15) is 0 Å². The number of phosphoric ester groups is 1. The first-order valence-electron chi connectivity index (χ1n) is 32.5. The van der Waals surface area contributed by atoms with Crippen LogP contribution in [0, 0.1) is 0 Å². The van der Waals surface area contributed by atoms with Gasteiger partial charge in [-0.25, -0.2) is 0 Å². The number of quaternary nitrogens is 1. The quantitative estimate of drug-likeness (QED) is 0.0272. The summed E-state index contributed by atoms with van der Waals surface area (Å²) in [6.07, 6.45) is 91.2. The molecule has 0 aromatic heterocycles. The average Bonchev–Trinajstić information content (AvgIpc) is 3.42. The van der Waals surface area contributed by atoms with Crippen LogP contribution in [0.15, 0.2) is 134 Å². The second-order valence-corrected chi connectivity index (χ2v) is 24.1. The Morgan fingerprint density at radius 3 is 1.16 bits per heavy atom. The van der Waals surface area contributed by atoms with E-state index in [2.05, 4.69) is 141 Å². The molecule has 458 valence electrons. The molecule has 0 saturated heterocycles. The lowest BCUT2D eigenvalue weighted by molar-refractivity contribution is -0.870. The molecule has 0 spiro atoms. The number of amides is 1. The molecule has 0 fully saturated rings. The molecule has 3 unspecified atom stereocenters. The number of hydrogen-bond acceptors (Lipinski definition) is 6. The Balaban J connectivity index is 4.20. The number of allylic oxidation sites excluding steroid dienone is 21. The third-order valence-electron chi connectivity index (χ3n) is 13.8. The van der Waals surface area contributed by atoms with Crippen molar-refractivity contribution in [1.29, 1.82) is 0 Å². The van der Waals surface area contributed by atoms with Gasteiger partial charge in [-0.3, -0.25) is 9.36 Å². The molecule has 0 heterocycles. The number of nitrogens with zero attached hydrogens (tertiary/aromatic N) is 1. The predicted octanol–water partition coefficient (Wildman–Crippen LogP) is 20.0. The summed E-state index contributed by atoms with van der Waals surface area (Å²) in [5, 5.41) is 13.9. The zero-order valence-electron chi connectivity index (χ0n) is 52.2. The normalized spacial score (nSPS) is 14.6. The molecule has 2 N–H and O–H groups in total. The summed E-state index contributed by atoms with van der Waals surface area (Å²) < 4.78 is 23.4. The summed E-state index contributed by atoms with van der Waals surface area (Å²) in [5.74, 6) is -0.217. The molecule has 80 heavy (non-hydrogen) atoms. The Hall–Kier alpha value is -3.36. The predicted molar refractivity (Wildman–Crippen MR) is 348 cm³/mol. The minimum absolute atomic E-state index is 0.0138. The van der Waals surface area contributed by atoms with Crippen LogP contribution in [0.4, 0.5) is 0 Å². The van der Waals surface area contributed by atoms with E-state index in [1.807, 2.05) is 27.2 Å². The van der Waals surface area contributed by atoms with E-state index in [9.17, 15) is 19.4 Å². The molecule has 9 heteroatoms. The second kappa shape index (κ2) is 60.2. The van der Waals surface area contributed by atoms with Gasteiger partial charge in [-0.15, -0.1) is 0 Å². The summed E-state index contributed by atoms with van der Waals surface area (Å²) in [4.78, 5) is 25.6. The van der Waals surface area contributed by atoms with Gasteiger partial charge < -0.3 is 28.8 Å². The third kappa shape index (κ3) is 62.2. The highest BCUT2D eigenvalue weighted by Gasteiger charge is 2.23. The molecule has 0 saturated carbocycles. The lowest BCUT2D eigenvalue weighted by Gasteiger charge is -2.29. The van der Waals surface area contributed by atoms with Crippen molar-refractivity contribution in [1.82, 2.24) is 5.32 Å². The smallest absolute Gasteiger partial charge is 0.268 e. The van der Waals surface area contributed by atoms with Gasteiger partial charge in [-0.05, 0) is 103 Å². The fourth-order valence-corrected chi connectivity index (χ4v) is 9.53. The van der Waals surface area contributed by atoms with Crippen molar-refractivity contribution in [2.24, 2.45) is 0 Å². The number of hydrogen-bond donors (Lipinski definition) is 2. The molecule has 1 amide bonds. The lowest BCUT2D eigenvalue weighted by Crippen LogP contribution is -2.45. The summed E-state index contributed by atoms with van der Waals surface area (Å²) in [7, 11) is 1.23. The van der Waals surface area contributed by atoms with E-state index in [0.717, 1.165) is 109 Å². The Morgan fingerprint density at radius 1 is 0.450 bits per heavy atom. The Kier molecular flexibility index (Phi) is 57.7. The number of unbranched alkanes of at least 4 members (excludes halogenated alkanes) is 25. The monoisotopic (exact) mass is 1130 g/mol. The number of carbonyl (C=O) groups excluding carboxylic acids is 1. The summed E-state index contributed by atoms with van der Waals surface area (Å²) in [5.41, 5.74) is 0. The van der Waals surface area contributed by atoms with Crippen LogP contribution in [0.3, 0.4) is 0 Å². The molecule has 0 rings (SSSR count).